The molecule has 2 aromatic rings. The minimum atomic E-state index is -0.921. The molecule has 20 heavy (non-hydrogen) atoms. The monoisotopic (exact) mass is 278 g/mol. The van der Waals surface area contributed by atoms with E-state index in [1.807, 2.05) is 0 Å². The van der Waals surface area contributed by atoms with Gasteiger partial charge in [0.25, 0.3) is 0 Å². The van der Waals surface area contributed by atoms with Crippen LogP contribution in [0.15, 0.2) is 22.7 Å². The van der Waals surface area contributed by atoms with Gasteiger partial charge in [-0.05, 0) is 30.7 Å². The molecule has 0 fully saturated rings. The first-order valence-electron chi connectivity index (χ1n) is 6.23. The Morgan fingerprint density at radius 1 is 1.40 bits per heavy atom. The first kappa shape index (κ1) is 14.2. The van der Waals surface area contributed by atoms with E-state index in [1.165, 1.54) is 12.1 Å². The minimum Gasteiger partial charge on any atom is -0.481 e. The normalized spacial score (nSPS) is 14.0. The summed E-state index contributed by atoms with van der Waals surface area (Å²) < 4.78 is 18.2. The zero-order valence-electron chi connectivity index (χ0n) is 11.4. The summed E-state index contributed by atoms with van der Waals surface area (Å²) in [6.07, 6.45) is 0. The number of halogens is 1. The van der Waals surface area contributed by atoms with Gasteiger partial charge in [-0.3, -0.25) is 4.79 Å². The van der Waals surface area contributed by atoms with Crippen LogP contribution in [-0.2, 0) is 4.79 Å². The van der Waals surface area contributed by atoms with E-state index in [4.69, 9.17) is 9.63 Å². The molecule has 6 heteroatoms. The average molecular weight is 278 g/mol. The van der Waals surface area contributed by atoms with E-state index in [0.717, 1.165) is 0 Å². The highest BCUT2D eigenvalue weighted by Gasteiger charge is 2.26. The molecule has 0 bridgehead atoms. The van der Waals surface area contributed by atoms with Crippen molar-refractivity contribution in [2.24, 2.45) is 5.92 Å². The van der Waals surface area contributed by atoms with Gasteiger partial charge in [0.1, 0.15) is 5.82 Å². The van der Waals surface area contributed by atoms with Gasteiger partial charge >= 0.3 is 5.97 Å². The van der Waals surface area contributed by atoms with E-state index in [9.17, 15) is 9.18 Å². The predicted molar refractivity (Wildman–Crippen MR) is 69.6 cm³/mol. The highest BCUT2D eigenvalue weighted by Crippen LogP contribution is 2.27. The van der Waals surface area contributed by atoms with Crippen LogP contribution >= 0.6 is 0 Å². The van der Waals surface area contributed by atoms with Crippen molar-refractivity contribution >= 4 is 5.97 Å². The van der Waals surface area contributed by atoms with Crippen molar-refractivity contribution in [3.05, 3.63) is 35.5 Å². The molecule has 0 amide bonds. The molecule has 1 N–H and O–H groups in total. The van der Waals surface area contributed by atoms with Crippen LogP contribution in [-0.4, -0.2) is 21.2 Å². The number of aryl methyl sites for hydroxylation is 1. The molecule has 0 aliphatic heterocycles. The summed E-state index contributed by atoms with van der Waals surface area (Å²) in [4.78, 5) is 15.2. The van der Waals surface area contributed by atoms with Crippen LogP contribution in [0.1, 0.15) is 31.2 Å². The van der Waals surface area contributed by atoms with Gasteiger partial charge < -0.3 is 9.63 Å². The van der Waals surface area contributed by atoms with Gasteiger partial charge in [-0.15, -0.1) is 0 Å². The molecule has 2 unspecified atom stereocenters. The Balaban J connectivity index is 2.31. The van der Waals surface area contributed by atoms with Crippen molar-refractivity contribution in [3.63, 3.8) is 0 Å². The highest BCUT2D eigenvalue weighted by atomic mass is 19.1. The van der Waals surface area contributed by atoms with Crippen LogP contribution in [0.3, 0.4) is 0 Å². The third kappa shape index (κ3) is 2.68. The van der Waals surface area contributed by atoms with Crippen LogP contribution in [0.2, 0.25) is 0 Å². The number of benzene rings is 1. The van der Waals surface area contributed by atoms with Crippen LogP contribution in [0.25, 0.3) is 11.4 Å². The van der Waals surface area contributed by atoms with E-state index < -0.39 is 17.8 Å². The number of carboxylic acids is 1. The average Bonchev–Trinajstić information content (AvgIpc) is 2.86. The standard InChI is InChI=1S/C14H15FN2O3/c1-7-6-10(15)4-5-11(7)12-16-13(20-17-12)8(2)9(3)14(18)19/h4-6,8-9H,1-3H3,(H,18,19). The molecule has 1 aromatic carbocycles. The number of aliphatic carboxylic acids is 1. The van der Waals surface area contributed by atoms with E-state index in [-0.39, 0.29) is 11.7 Å². The second-order valence-electron chi connectivity index (χ2n) is 4.83. The summed E-state index contributed by atoms with van der Waals surface area (Å²) in [6.45, 7) is 5.05. The summed E-state index contributed by atoms with van der Waals surface area (Å²) in [6, 6.07) is 4.28. The van der Waals surface area contributed by atoms with Gasteiger partial charge in [0.2, 0.25) is 11.7 Å². The summed E-state index contributed by atoms with van der Waals surface area (Å²) in [5.74, 6) is -1.68. The number of carbonyl (C=O) groups is 1. The van der Waals surface area contributed by atoms with Crippen LogP contribution in [0.4, 0.5) is 4.39 Å². The fraction of sp³-hybridized carbons (Fsp3) is 0.357. The lowest BCUT2D eigenvalue weighted by atomic mass is 9.96. The van der Waals surface area contributed by atoms with E-state index >= 15 is 0 Å². The number of aromatic nitrogens is 2. The fourth-order valence-electron chi connectivity index (χ4n) is 1.84. The molecule has 0 aliphatic rings. The number of carboxylic acid groups (broad SMARTS) is 1. The van der Waals surface area contributed by atoms with E-state index in [0.29, 0.717) is 17.0 Å². The van der Waals surface area contributed by atoms with Gasteiger partial charge in [0.15, 0.2) is 0 Å². The van der Waals surface area contributed by atoms with E-state index in [2.05, 4.69) is 10.1 Å². The Morgan fingerprint density at radius 3 is 2.70 bits per heavy atom. The van der Waals surface area contributed by atoms with Crippen molar-refractivity contribution in [3.8, 4) is 11.4 Å². The second-order valence-corrected chi connectivity index (χ2v) is 4.83. The minimum absolute atomic E-state index is 0.263. The Kier molecular flexibility index (Phi) is 3.83. The van der Waals surface area contributed by atoms with E-state index in [1.54, 1.807) is 26.8 Å². The molecular weight excluding hydrogens is 263 g/mol. The molecule has 1 aromatic heterocycles. The molecule has 106 valence electrons. The van der Waals surface area contributed by atoms with Crippen molar-refractivity contribution in [1.82, 2.24) is 10.1 Å². The summed E-state index contributed by atoms with van der Waals surface area (Å²) in [7, 11) is 0. The maximum atomic E-state index is 13.1. The van der Waals surface area contributed by atoms with Crippen molar-refractivity contribution in [1.29, 1.82) is 0 Å². The van der Waals surface area contributed by atoms with Gasteiger partial charge in [0, 0.05) is 11.5 Å². The molecular formula is C14H15FN2O3. The van der Waals surface area contributed by atoms with Crippen LogP contribution < -0.4 is 0 Å². The molecule has 5 nitrogen and oxygen atoms in total. The smallest absolute Gasteiger partial charge is 0.307 e. The molecule has 0 spiro atoms. The summed E-state index contributed by atoms with van der Waals surface area (Å²) >= 11 is 0. The topological polar surface area (TPSA) is 76.2 Å². The molecule has 1 heterocycles. The molecule has 0 radical (unpaired) electrons. The number of rotatable bonds is 4. The Labute approximate surface area is 115 Å². The molecule has 2 atom stereocenters. The van der Waals surface area contributed by atoms with Crippen molar-refractivity contribution < 1.29 is 18.8 Å². The highest BCUT2D eigenvalue weighted by molar-refractivity contribution is 5.70. The Hall–Kier alpha value is -2.24. The van der Waals surface area contributed by atoms with Crippen molar-refractivity contribution in [2.45, 2.75) is 26.7 Å². The van der Waals surface area contributed by atoms with Gasteiger partial charge in [-0.1, -0.05) is 19.0 Å². The lowest BCUT2D eigenvalue weighted by Gasteiger charge is -2.10. The number of nitrogens with zero attached hydrogens (tertiary/aromatic N) is 2. The lowest BCUT2D eigenvalue weighted by Crippen LogP contribution is -2.16. The Morgan fingerprint density at radius 2 is 2.10 bits per heavy atom. The maximum Gasteiger partial charge on any atom is 0.307 e. The fourth-order valence-corrected chi connectivity index (χ4v) is 1.84. The first-order chi connectivity index (χ1) is 9.40. The number of hydrogen-bond acceptors (Lipinski definition) is 4. The zero-order chi connectivity index (χ0) is 14.9. The summed E-state index contributed by atoms with van der Waals surface area (Å²) in [5, 5.41) is 12.8. The Bertz CT molecular complexity index is 639. The van der Waals surface area contributed by atoms with Crippen LogP contribution in [0, 0.1) is 18.7 Å². The van der Waals surface area contributed by atoms with Crippen molar-refractivity contribution in [2.75, 3.05) is 0 Å². The lowest BCUT2D eigenvalue weighted by molar-refractivity contribution is -0.141. The van der Waals surface area contributed by atoms with Gasteiger partial charge in [-0.25, -0.2) is 4.39 Å². The first-order valence-corrected chi connectivity index (χ1v) is 6.23. The van der Waals surface area contributed by atoms with Crippen LogP contribution in [0.5, 0.6) is 0 Å². The third-order valence-corrected chi connectivity index (χ3v) is 3.40. The van der Waals surface area contributed by atoms with Gasteiger partial charge in [-0.2, -0.15) is 4.98 Å². The molecule has 2 rings (SSSR count). The quantitative estimate of drug-likeness (QED) is 0.930. The third-order valence-electron chi connectivity index (χ3n) is 3.40. The zero-order valence-corrected chi connectivity index (χ0v) is 11.4. The molecule has 0 saturated heterocycles. The largest absolute Gasteiger partial charge is 0.481 e. The SMILES string of the molecule is Cc1cc(F)ccc1-c1noc(C(C)C(C)C(=O)O)n1. The second kappa shape index (κ2) is 5.40. The number of hydrogen-bond donors (Lipinski definition) is 1. The predicted octanol–water partition coefficient (Wildman–Crippen LogP) is 3.01. The van der Waals surface area contributed by atoms with Gasteiger partial charge in [0.05, 0.1) is 5.92 Å². The summed E-state index contributed by atoms with van der Waals surface area (Å²) in [5.41, 5.74) is 1.35. The molecule has 0 saturated carbocycles. The maximum absolute atomic E-state index is 13.1. The molecule has 0 aliphatic carbocycles.